The van der Waals surface area contributed by atoms with E-state index in [1.165, 1.54) is 24.0 Å². The van der Waals surface area contributed by atoms with Crippen molar-refractivity contribution in [3.63, 3.8) is 0 Å². The number of nitrogens with two attached hydrogens (primary N) is 1. The molecule has 0 aromatic heterocycles. The number of rotatable bonds is 6. The van der Waals surface area contributed by atoms with Gasteiger partial charge in [0, 0.05) is 5.54 Å². The summed E-state index contributed by atoms with van der Waals surface area (Å²) >= 11 is 0. The van der Waals surface area contributed by atoms with Crippen molar-refractivity contribution in [2.45, 2.75) is 86.1 Å². The van der Waals surface area contributed by atoms with Gasteiger partial charge in [-0.3, -0.25) is 0 Å². The second-order valence-electron chi connectivity index (χ2n) is 7.37. The molecule has 0 amide bonds. The van der Waals surface area contributed by atoms with E-state index in [2.05, 4.69) is 60.6 Å². The Morgan fingerprint density at radius 1 is 1.00 bits per heavy atom. The van der Waals surface area contributed by atoms with Crippen LogP contribution in [0.3, 0.4) is 0 Å². The lowest BCUT2D eigenvalue weighted by molar-refractivity contribution is 0.300. The largest absolute Gasteiger partial charge is 0.322 e. The average Bonchev–Trinajstić information content (AvgIpc) is 2.45. The van der Waals surface area contributed by atoms with Gasteiger partial charge in [0.15, 0.2) is 0 Å². The molecule has 0 heterocycles. The number of hydrogen-bond acceptors (Lipinski definition) is 1. The lowest BCUT2D eigenvalue weighted by Crippen LogP contribution is -2.45. The molecule has 1 unspecified atom stereocenters. The van der Waals surface area contributed by atoms with E-state index in [0.717, 1.165) is 19.3 Å². The van der Waals surface area contributed by atoms with E-state index in [1.807, 2.05) is 0 Å². The van der Waals surface area contributed by atoms with Gasteiger partial charge in [-0.25, -0.2) is 0 Å². The van der Waals surface area contributed by atoms with Crippen molar-refractivity contribution in [3.05, 3.63) is 23.3 Å². The summed E-state index contributed by atoms with van der Waals surface area (Å²) in [6.07, 6.45) is 10.5. The Morgan fingerprint density at radius 3 is 1.85 bits per heavy atom. The minimum Gasteiger partial charge on any atom is -0.322 e. The summed E-state index contributed by atoms with van der Waals surface area (Å²) in [6, 6.07) is 0. The molecule has 1 heteroatoms. The van der Waals surface area contributed by atoms with Crippen LogP contribution in [0.15, 0.2) is 23.3 Å². The zero-order valence-corrected chi connectivity index (χ0v) is 14.8. The maximum absolute atomic E-state index is 6.63. The van der Waals surface area contributed by atoms with E-state index in [1.54, 1.807) is 0 Å². The maximum atomic E-state index is 6.63. The summed E-state index contributed by atoms with van der Waals surface area (Å²) in [6.45, 7) is 16.1. The molecule has 0 aromatic carbocycles. The van der Waals surface area contributed by atoms with Crippen molar-refractivity contribution in [1.29, 1.82) is 0 Å². The smallest absolute Gasteiger partial charge is 0.0383 e. The summed E-state index contributed by atoms with van der Waals surface area (Å²) in [4.78, 5) is 0. The van der Waals surface area contributed by atoms with Gasteiger partial charge in [0.05, 0.1) is 0 Å². The molecule has 116 valence electrons. The van der Waals surface area contributed by atoms with E-state index in [9.17, 15) is 0 Å². The topological polar surface area (TPSA) is 26.0 Å². The summed E-state index contributed by atoms with van der Waals surface area (Å²) in [5.74, 6) is 0. The molecule has 1 aliphatic carbocycles. The van der Waals surface area contributed by atoms with Crippen LogP contribution in [0.25, 0.3) is 0 Å². The standard InChI is InChI=1S/C19H35N/c1-8-17(5,9-2)15-12-13-19(7,20)16(14-15)18(6,10-3)11-4/h12,14H,8-11,13,20H2,1-7H3. The molecule has 0 bridgehead atoms. The molecule has 0 aromatic rings. The van der Waals surface area contributed by atoms with Crippen molar-refractivity contribution in [3.8, 4) is 0 Å². The summed E-state index contributed by atoms with van der Waals surface area (Å²) < 4.78 is 0. The Balaban J connectivity index is 3.31. The number of hydrogen-bond donors (Lipinski definition) is 1. The van der Waals surface area contributed by atoms with Crippen LogP contribution in [0.2, 0.25) is 0 Å². The quantitative estimate of drug-likeness (QED) is 0.670. The lowest BCUT2D eigenvalue weighted by atomic mass is 9.63. The molecular weight excluding hydrogens is 242 g/mol. The highest BCUT2D eigenvalue weighted by atomic mass is 14.7. The van der Waals surface area contributed by atoms with Gasteiger partial charge in [0.1, 0.15) is 0 Å². The molecule has 0 saturated carbocycles. The first kappa shape index (κ1) is 17.5. The van der Waals surface area contributed by atoms with Crippen LogP contribution in [0.4, 0.5) is 0 Å². The van der Waals surface area contributed by atoms with Crippen LogP contribution in [0.1, 0.15) is 80.6 Å². The van der Waals surface area contributed by atoms with Crippen molar-refractivity contribution in [2.24, 2.45) is 16.6 Å². The predicted molar refractivity (Wildman–Crippen MR) is 90.8 cm³/mol. The Hall–Kier alpha value is -0.560. The predicted octanol–water partition coefficient (Wildman–Crippen LogP) is 5.61. The van der Waals surface area contributed by atoms with Crippen molar-refractivity contribution in [2.75, 3.05) is 0 Å². The van der Waals surface area contributed by atoms with Gasteiger partial charge in [-0.15, -0.1) is 0 Å². The second kappa shape index (κ2) is 6.05. The summed E-state index contributed by atoms with van der Waals surface area (Å²) in [7, 11) is 0. The fourth-order valence-electron chi connectivity index (χ4n) is 3.38. The first-order valence-corrected chi connectivity index (χ1v) is 8.41. The van der Waals surface area contributed by atoms with Gasteiger partial charge >= 0.3 is 0 Å². The molecule has 0 spiro atoms. The Morgan fingerprint density at radius 2 is 1.45 bits per heavy atom. The second-order valence-corrected chi connectivity index (χ2v) is 7.37. The molecule has 0 fully saturated rings. The fraction of sp³-hybridized carbons (Fsp3) is 0.789. The van der Waals surface area contributed by atoms with E-state index in [-0.39, 0.29) is 11.0 Å². The van der Waals surface area contributed by atoms with Crippen LogP contribution in [0.5, 0.6) is 0 Å². The van der Waals surface area contributed by atoms with Crippen LogP contribution in [0, 0.1) is 10.8 Å². The van der Waals surface area contributed by atoms with E-state index < -0.39 is 0 Å². The third kappa shape index (κ3) is 3.03. The van der Waals surface area contributed by atoms with Gasteiger partial charge in [0.2, 0.25) is 0 Å². The average molecular weight is 277 g/mol. The molecular formula is C19H35N. The molecule has 0 saturated heterocycles. The highest BCUT2D eigenvalue weighted by Gasteiger charge is 2.39. The molecule has 1 nitrogen and oxygen atoms in total. The van der Waals surface area contributed by atoms with Gasteiger partial charge in [-0.2, -0.15) is 0 Å². The third-order valence-corrected chi connectivity index (χ3v) is 6.13. The zero-order valence-electron chi connectivity index (χ0n) is 14.8. The minimum absolute atomic E-state index is 0.188. The van der Waals surface area contributed by atoms with Gasteiger partial charge in [0.25, 0.3) is 0 Å². The van der Waals surface area contributed by atoms with E-state index in [0.29, 0.717) is 5.41 Å². The normalized spacial score (nSPS) is 24.4. The molecule has 1 atom stereocenters. The molecule has 0 aliphatic heterocycles. The van der Waals surface area contributed by atoms with Crippen molar-refractivity contribution in [1.82, 2.24) is 0 Å². The first-order chi connectivity index (χ1) is 9.19. The van der Waals surface area contributed by atoms with E-state index >= 15 is 0 Å². The maximum Gasteiger partial charge on any atom is 0.0383 e. The monoisotopic (exact) mass is 277 g/mol. The van der Waals surface area contributed by atoms with Crippen LogP contribution >= 0.6 is 0 Å². The highest BCUT2D eigenvalue weighted by Crippen LogP contribution is 2.47. The molecule has 2 N–H and O–H groups in total. The molecule has 1 aliphatic rings. The fourth-order valence-corrected chi connectivity index (χ4v) is 3.38. The third-order valence-electron chi connectivity index (χ3n) is 6.13. The minimum atomic E-state index is -0.188. The molecule has 0 radical (unpaired) electrons. The SMILES string of the molecule is CCC(C)(CC)C1=CCC(C)(N)C(C(C)(CC)CC)=C1. The van der Waals surface area contributed by atoms with Crippen LogP contribution in [-0.2, 0) is 0 Å². The summed E-state index contributed by atoms with van der Waals surface area (Å²) in [5.41, 5.74) is 9.94. The van der Waals surface area contributed by atoms with Crippen molar-refractivity contribution >= 4 is 0 Å². The zero-order chi connectivity index (χ0) is 15.6. The van der Waals surface area contributed by atoms with Crippen LogP contribution < -0.4 is 5.73 Å². The summed E-state index contributed by atoms with van der Waals surface area (Å²) in [5, 5.41) is 0. The highest BCUT2D eigenvalue weighted by molar-refractivity contribution is 5.42. The molecule has 1 rings (SSSR count). The van der Waals surface area contributed by atoms with Gasteiger partial charge in [-0.05, 0) is 61.0 Å². The first-order valence-electron chi connectivity index (χ1n) is 8.41. The molecule has 20 heavy (non-hydrogen) atoms. The Labute approximate surface area is 126 Å². The Kier molecular flexibility index (Phi) is 5.29. The van der Waals surface area contributed by atoms with E-state index in [4.69, 9.17) is 5.73 Å². The van der Waals surface area contributed by atoms with Crippen LogP contribution in [-0.4, -0.2) is 5.54 Å². The van der Waals surface area contributed by atoms with Gasteiger partial charge < -0.3 is 5.73 Å². The lowest BCUT2D eigenvalue weighted by Gasteiger charge is -2.44. The van der Waals surface area contributed by atoms with Crippen molar-refractivity contribution < 1.29 is 0 Å². The Bertz CT molecular complexity index is 390. The number of allylic oxidation sites excluding steroid dienone is 2. The van der Waals surface area contributed by atoms with Gasteiger partial charge in [-0.1, -0.05) is 53.7 Å².